The molecule has 24 heavy (non-hydrogen) atoms. The van der Waals surface area contributed by atoms with Crippen molar-refractivity contribution in [1.29, 1.82) is 0 Å². The molecule has 6 heteroatoms. The number of rotatable bonds is 5. The van der Waals surface area contributed by atoms with Crippen LogP contribution in [0.5, 0.6) is 5.75 Å². The molecule has 5 nitrogen and oxygen atoms in total. The van der Waals surface area contributed by atoms with Crippen LogP contribution in [0, 0.1) is 6.92 Å². The molecule has 4 rings (SSSR count). The lowest BCUT2D eigenvalue weighted by Gasteiger charge is -2.05. The minimum absolute atomic E-state index is 0.599. The van der Waals surface area contributed by atoms with Gasteiger partial charge in [0.05, 0.1) is 6.61 Å². The minimum atomic E-state index is 0.599. The summed E-state index contributed by atoms with van der Waals surface area (Å²) >= 11 is 1.54. The third kappa shape index (κ3) is 3.05. The Bertz CT molecular complexity index is 981. The highest BCUT2D eigenvalue weighted by molar-refractivity contribution is 7.99. The zero-order valence-corrected chi connectivity index (χ0v) is 14.0. The minimum Gasteiger partial charge on any atom is -0.493 e. The number of hydrogen-bond acceptors (Lipinski definition) is 5. The van der Waals surface area contributed by atoms with Gasteiger partial charge in [-0.1, -0.05) is 47.7 Å². The number of ether oxygens (including phenoxy) is 1. The van der Waals surface area contributed by atoms with Crippen molar-refractivity contribution >= 4 is 33.8 Å². The number of fused-ring (bicyclic) bond motifs is 3. The van der Waals surface area contributed by atoms with Crippen LogP contribution in [0.15, 0.2) is 53.7 Å². The molecule has 0 aliphatic rings. The van der Waals surface area contributed by atoms with Crippen LogP contribution in [0.2, 0.25) is 0 Å². The maximum Gasteiger partial charge on any atom is 0.211 e. The molecule has 0 spiro atoms. The standard InChI is InChI=1S/C18H16N4OS/c1-12-6-8-13(9-7-12)23-10-11-24-18-20-17-16(21-22-18)14-4-2-3-5-15(14)19-17/h2-9H,10-11H2,1H3,(H,19,20,22). The van der Waals surface area contributed by atoms with E-state index < -0.39 is 0 Å². The zero-order valence-electron chi connectivity index (χ0n) is 13.2. The fourth-order valence-corrected chi connectivity index (χ4v) is 3.10. The van der Waals surface area contributed by atoms with Gasteiger partial charge in [0, 0.05) is 16.7 Å². The van der Waals surface area contributed by atoms with E-state index in [-0.39, 0.29) is 0 Å². The van der Waals surface area contributed by atoms with Crippen LogP contribution in [0.25, 0.3) is 22.1 Å². The smallest absolute Gasteiger partial charge is 0.211 e. The lowest BCUT2D eigenvalue weighted by molar-refractivity contribution is 0.344. The first-order chi connectivity index (χ1) is 11.8. The summed E-state index contributed by atoms with van der Waals surface area (Å²) in [6.07, 6.45) is 0. The lowest BCUT2D eigenvalue weighted by Crippen LogP contribution is -2.01. The summed E-state index contributed by atoms with van der Waals surface area (Å²) in [5, 5.41) is 10.2. The SMILES string of the molecule is Cc1ccc(OCCSc2nnc3c(n2)[nH]c2ccccc23)cc1. The molecule has 120 valence electrons. The molecule has 0 unspecified atom stereocenters. The van der Waals surface area contributed by atoms with Gasteiger partial charge in [-0.15, -0.1) is 10.2 Å². The van der Waals surface area contributed by atoms with Crippen molar-refractivity contribution in [1.82, 2.24) is 20.2 Å². The van der Waals surface area contributed by atoms with Gasteiger partial charge in [0.25, 0.3) is 0 Å². The van der Waals surface area contributed by atoms with E-state index in [1.54, 1.807) is 0 Å². The molecule has 0 radical (unpaired) electrons. The average Bonchev–Trinajstić information content (AvgIpc) is 2.98. The van der Waals surface area contributed by atoms with E-state index in [9.17, 15) is 0 Å². The molecular formula is C18H16N4OS. The highest BCUT2D eigenvalue weighted by atomic mass is 32.2. The first kappa shape index (κ1) is 15.0. The quantitative estimate of drug-likeness (QED) is 0.441. The second-order valence-electron chi connectivity index (χ2n) is 5.47. The van der Waals surface area contributed by atoms with Crippen LogP contribution in [-0.2, 0) is 0 Å². The third-order valence-electron chi connectivity index (χ3n) is 3.71. The van der Waals surface area contributed by atoms with E-state index in [0.717, 1.165) is 33.6 Å². The van der Waals surface area contributed by atoms with Crippen LogP contribution < -0.4 is 4.74 Å². The summed E-state index contributed by atoms with van der Waals surface area (Å²) in [5.41, 5.74) is 3.83. The zero-order chi connectivity index (χ0) is 16.4. The van der Waals surface area contributed by atoms with Crippen LogP contribution in [0.4, 0.5) is 0 Å². The van der Waals surface area contributed by atoms with E-state index in [0.29, 0.717) is 11.8 Å². The normalized spacial score (nSPS) is 11.2. The molecule has 4 aromatic rings. The van der Waals surface area contributed by atoms with Gasteiger partial charge in [0.15, 0.2) is 5.65 Å². The molecule has 1 N–H and O–H groups in total. The van der Waals surface area contributed by atoms with Crippen molar-refractivity contribution < 1.29 is 4.74 Å². The Balaban J connectivity index is 1.41. The Morgan fingerprint density at radius 3 is 2.75 bits per heavy atom. The first-order valence-electron chi connectivity index (χ1n) is 7.73. The monoisotopic (exact) mass is 336 g/mol. The molecule has 0 atom stereocenters. The van der Waals surface area contributed by atoms with Crippen molar-refractivity contribution in [3.05, 3.63) is 54.1 Å². The van der Waals surface area contributed by atoms with Crippen molar-refractivity contribution in [2.45, 2.75) is 12.1 Å². The molecule has 0 saturated heterocycles. The van der Waals surface area contributed by atoms with Gasteiger partial charge in [-0.2, -0.15) is 0 Å². The Morgan fingerprint density at radius 1 is 1.04 bits per heavy atom. The van der Waals surface area contributed by atoms with E-state index in [4.69, 9.17) is 4.74 Å². The van der Waals surface area contributed by atoms with Crippen LogP contribution in [-0.4, -0.2) is 32.5 Å². The Hall–Kier alpha value is -2.60. The van der Waals surface area contributed by atoms with Gasteiger partial charge in [-0.25, -0.2) is 4.98 Å². The third-order valence-corrected chi connectivity index (χ3v) is 4.51. The number of aromatic nitrogens is 4. The van der Waals surface area contributed by atoms with E-state index >= 15 is 0 Å². The van der Waals surface area contributed by atoms with Crippen molar-refractivity contribution in [2.75, 3.05) is 12.4 Å². The second-order valence-corrected chi connectivity index (χ2v) is 6.53. The van der Waals surface area contributed by atoms with Crippen LogP contribution in [0.3, 0.4) is 0 Å². The summed E-state index contributed by atoms with van der Waals surface area (Å²) < 4.78 is 5.71. The number of aromatic amines is 1. The molecule has 0 bridgehead atoms. The number of benzene rings is 2. The van der Waals surface area contributed by atoms with Gasteiger partial charge in [-0.05, 0) is 25.1 Å². The fourth-order valence-electron chi connectivity index (χ4n) is 2.49. The summed E-state index contributed by atoms with van der Waals surface area (Å²) in [5.74, 6) is 1.65. The number of hydrogen-bond donors (Lipinski definition) is 1. The largest absolute Gasteiger partial charge is 0.493 e. The molecule has 0 fully saturated rings. The lowest BCUT2D eigenvalue weighted by atomic mass is 10.2. The maximum atomic E-state index is 5.71. The van der Waals surface area contributed by atoms with Crippen molar-refractivity contribution in [3.63, 3.8) is 0 Å². The molecule has 2 aromatic heterocycles. The predicted octanol–water partition coefficient (Wildman–Crippen LogP) is 3.99. The van der Waals surface area contributed by atoms with Crippen molar-refractivity contribution in [2.24, 2.45) is 0 Å². The molecular weight excluding hydrogens is 320 g/mol. The summed E-state index contributed by atoms with van der Waals surface area (Å²) in [4.78, 5) is 7.83. The topological polar surface area (TPSA) is 63.7 Å². The second kappa shape index (κ2) is 6.49. The first-order valence-corrected chi connectivity index (χ1v) is 8.71. The highest BCUT2D eigenvalue weighted by Gasteiger charge is 2.08. The fraction of sp³-hybridized carbons (Fsp3) is 0.167. The van der Waals surface area contributed by atoms with Gasteiger partial charge >= 0.3 is 0 Å². The van der Waals surface area contributed by atoms with E-state index in [1.807, 2.05) is 48.5 Å². The van der Waals surface area contributed by atoms with E-state index in [1.165, 1.54) is 17.3 Å². The van der Waals surface area contributed by atoms with E-state index in [2.05, 4.69) is 27.1 Å². The van der Waals surface area contributed by atoms with Gasteiger partial charge < -0.3 is 9.72 Å². The molecule has 0 aliphatic carbocycles. The summed E-state index contributed by atoms with van der Waals surface area (Å²) in [6.45, 7) is 2.66. The Labute approximate surface area is 143 Å². The van der Waals surface area contributed by atoms with Gasteiger partial charge in [0.2, 0.25) is 5.16 Å². The number of para-hydroxylation sites is 1. The predicted molar refractivity (Wildman–Crippen MR) is 96.6 cm³/mol. The van der Waals surface area contributed by atoms with Crippen LogP contribution in [0.1, 0.15) is 5.56 Å². The van der Waals surface area contributed by atoms with Gasteiger partial charge in [0.1, 0.15) is 11.3 Å². The maximum absolute atomic E-state index is 5.71. The van der Waals surface area contributed by atoms with Gasteiger partial charge in [-0.3, -0.25) is 0 Å². The van der Waals surface area contributed by atoms with Crippen LogP contribution >= 0.6 is 11.8 Å². The Morgan fingerprint density at radius 2 is 1.88 bits per heavy atom. The Kier molecular flexibility index (Phi) is 4.04. The molecule has 0 amide bonds. The summed E-state index contributed by atoms with van der Waals surface area (Å²) in [6, 6.07) is 16.1. The number of H-pyrrole nitrogens is 1. The highest BCUT2D eigenvalue weighted by Crippen LogP contribution is 2.23. The number of thioether (sulfide) groups is 1. The molecule has 2 aromatic carbocycles. The summed E-state index contributed by atoms with van der Waals surface area (Å²) in [7, 11) is 0. The number of aryl methyl sites for hydroxylation is 1. The molecule has 0 saturated carbocycles. The number of nitrogens with zero attached hydrogens (tertiary/aromatic N) is 3. The average molecular weight is 336 g/mol. The molecule has 2 heterocycles. The molecule has 0 aliphatic heterocycles. The number of nitrogens with one attached hydrogen (secondary N) is 1. The van der Waals surface area contributed by atoms with Crippen molar-refractivity contribution in [3.8, 4) is 5.75 Å².